The van der Waals surface area contributed by atoms with Crippen LogP contribution in [0.3, 0.4) is 0 Å². The predicted molar refractivity (Wildman–Crippen MR) is 78.8 cm³/mol. The molecule has 1 aliphatic rings. The fourth-order valence-electron chi connectivity index (χ4n) is 1.72. The second kappa shape index (κ2) is 6.03. The first-order chi connectivity index (χ1) is 7.75. The Morgan fingerprint density at radius 3 is 2.50 bits per heavy atom. The van der Waals surface area contributed by atoms with Gasteiger partial charge in [0.1, 0.15) is 4.32 Å². The number of nitrogens with zero attached hydrogens (tertiary/aromatic N) is 1. The maximum absolute atomic E-state index is 5.42. The molecule has 0 spiro atoms. The van der Waals surface area contributed by atoms with E-state index in [4.69, 9.17) is 12.2 Å². The molecule has 0 bridgehead atoms. The Hall–Kier alpha value is -0.0600. The molecule has 16 heavy (non-hydrogen) atoms. The van der Waals surface area contributed by atoms with Crippen LogP contribution in [-0.4, -0.2) is 22.3 Å². The number of thioether (sulfide) groups is 1. The van der Waals surface area contributed by atoms with Crippen molar-refractivity contribution in [1.29, 1.82) is 0 Å². The van der Waals surface area contributed by atoms with Crippen LogP contribution >= 0.6 is 39.9 Å². The third-order valence-corrected chi connectivity index (χ3v) is 4.76. The summed E-state index contributed by atoms with van der Waals surface area (Å²) in [5.41, 5.74) is 1.33. The van der Waals surface area contributed by atoms with Gasteiger partial charge in [-0.2, -0.15) is 0 Å². The van der Waals surface area contributed by atoms with Crippen molar-refractivity contribution in [2.24, 2.45) is 0 Å². The third kappa shape index (κ3) is 3.47. The topological polar surface area (TPSA) is 3.24 Å². The van der Waals surface area contributed by atoms with E-state index in [0.29, 0.717) is 0 Å². The average Bonchev–Trinajstić information content (AvgIpc) is 2.81. The van der Waals surface area contributed by atoms with Crippen LogP contribution in [0, 0.1) is 0 Å². The Labute approximate surface area is 115 Å². The van der Waals surface area contributed by atoms with Gasteiger partial charge in [0.2, 0.25) is 0 Å². The highest BCUT2D eigenvalue weighted by molar-refractivity contribution is 9.10. The summed E-state index contributed by atoms with van der Waals surface area (Å²) in [5, 5.41) is 0. The van der Waals surface area contributed by atoms with Gasteiger partial charge in [-0.05, 0) is 30.5 Å². The molecular weight excluding hydrogens is 302 g/mol. The molecular formula is C12H14BrNS2. The molecule has 1 aromatic carbocycles. The minimum atomic E-state index is 0.975. The number of likely N-dealkylation sites (tertiary alicyclic amines) is 1. The molecule has 1 heterocycles. The molecule has 0 N–H and O–H groups in total. The minimum absolute atomic E-state index is 0.975. The monoisotopic (exact) mass is 315 g/mol. The summed E-state index contributed by atoms with van der Waals surface area (Å²) in [4.78, 5) is 2.32. The molecule has 0 unspecified atom stereocenters. The van der Waals surface area contributed by atoms with Crippen LogP contribution in [0.1, 0.15) is 18.4 Å². The second-order valence-corrected chi connectivity index (χ2v) is 6.40. The van der Waals surface area contributed by atoms with Crippen LogP contribution in [0.5, 0.6) is 0 Å². The molecule has 1 fully saturated rings. The summed E-state index contributed by atoms with van der Waals surface area (Å²) in [6.45, 7) is 2.29. The molecule has 0 atom stereocenters. The van der Waals surface area contributed by atoms with Crippen molar-refractivity contribution in [3.05, 3.63) is 34.3 Å². The zero-order valence-corrected chi connectivity index (χ0v) is 12.2. The maximum Gasteiger partial charge on any atom is 0.136 e. The molecule has 4 heteroatoms. The first-order valence-corrected chi connectivity index (χ1v) is 7.60. The van der Waals surface area contributed by atoms with Gasteiger partial charge in [0.25, 0.3) is 0 Å². The van der Waals surface area contributed by atoms with E-state index >= 15 is 0 Å². The zero-order chi connectivity index (χ0) is 11.4. The summed E-state index contributed by atoms with van der Waals surface area (Å²) in [6.07, 6.45) is 2.58. The van der Waals surface area contributed by atoms with Gasteiger partial charge in [0.05, 0.1) is 0 Å². The lowest BCUT2D eigenvalue weighted by Gasteiger charge is -2.17. The van der Waals surface area contributed by atoms with E-state index in [1.54, 1.807) is 11.8 Å². The van der Waals surface area contributed by atoms with Crippen molar-refractivity contribution >= 4 is 44.2 Å². The number of rotatable bonds is 2. The molecule has 0 aromatic heterocycles. The smallest absolute Gasteiger partial charge is 0.136 e. The van der Waals surface area contributed by atoms with Gasteiger partial charge in [0, 0.05) is 23.3 Å². The largest absolute Gasteiger partial charge is 0.358 e. The summed E-state index contributed by atoms with van der Waals surface area (Å²) in [6, 6.07) is 8.44. The van der Waals surface area contributed by atoms with Gasteiger partial charge in [-0.3, -0.25) is 0 Å². The normalized spacial score (nSPS) is 15.4. The molecule has 86 valence electrons. The van der Waals surface area contributed by atoms with E-state index in [2.05, 4.69) is 45.1 Å². The fourth-order valence-corrected chi connectivity index (χ4v) is 3.19. The predicted octanol–water partition coefficient (Wildman–Crippen LogP) is 4.06. The van der Waals surface area contributed by atoms with Gasteiger partial charge < -0.3 is 4.90 Å². The van der Waals surface area contributed by atoms with Gasteiger partial charge in [0.15, 0.2) is 0 Å². The van der Waals surface area contributed by atoms with E-state index in [1.807, 2.05) is 0 Å². The zero-order valence-electron chi connectivity index (χ0n) is 8.99. The third-order valence-electron chi connectivity index (χ3n) is 2.64. The van der Waals surface area contributed by atoms with Crippen molar-refractivity contribution < 1.29 is 0 Å². The Kier molecular flexibility index (Phi) is 4.67. The lowest BCUT2D eigenvalue weighted by molar-refractivity contribution is 0.539. The van der Waals surface area contributed by atoms with Crippen molar-refractivity contribution in [3.63, 3.8) is 0 Å². The standard InChI is InChI=1S/C12H14BrNS2/c13-11-5-3-10(4-6-11)9-16-12(15)14-7-1-2-8-14/h3-6H,1-2,7-9H2. The SMILES string of the molecule is S=C(SCc1ccc(Br)cc1)N1CCCC1. The summed E-state index contributed by atoms with van der Waals surface area (Å²) in [7, 11) is 0. The molecule has 0 amide bonds. The lowest BCUT2D eigenvalue weighted by Crippen LogP contribution is -2.23. The van der Waals surface area contributed by atoms with Crippen LogP contribution in [0.15, 0.2) is 28.7 Å². The molecule has 0 aliphatic carbocycles. The fraction of sp³-hybridized carbons (Fsp3) is 0.417. The maximum atomic E-state index is 5.42. The number of thiocarbonyl (C=S) groups is 1. The van der Waals surface area contributed by atoms with Crippen molar-refractivity contribution in [2.75, 3.05) is 13.1 Å². The number of benzene rings is 1. The Morgan fingerprint density at radius 1 is 1.25 bits per heavy atom. The highest BCUT2D eigenvalue weighted by atomic mass is 79.9. The molecule has 1 aromatic rings. The second-order valence-electron chi connectivity index (χ2n) is 3.88. The van der Waals surface area contributed by atoms with Crippen LogP contribution in [-0.2, 0) is 5.75 Å². The highest BCUT2D eigenvalue weighted by Crippen LogP contribution is 2.21. The van der Waals surface area contributed by atoms with Crippen molar-refractivity contribution in [3.8, 4) is 0 Å². The van der Waals surface area contributed by atoms with Crippen LogP contribution in [0.2, 0.25) is 0 Å². The van der Waals surface area contributed by atoms with Crippen molar-refractivity contribution in [1.82, 2.24) is 4.90 Å². The molecule has 1 nitrogen and oxygen atoms in total. The average molecular weight is 316 g/mol. The Morgan fingerprint density at radius 2 is 1.88 bits per heavy atom. The van der Waals surface area contributed by atoms with E-state index in [9.17, 15) is 0 Å². The van der Waals surface area contributed by atoms with Crippen LogP contribution in [0.25, 0.3) is 0 Å². The van der Waals surface area contributed by atoms with Crippen molar-refractivity contribution in [2.45, 2.75) is 18.6 Å². The van der Waals surface area contributed by atoms with E-state index in [-0.39, 0.29) is 0 Å². The lowest BCUT2D eigenvalue weighted by atomic mass is 10.2. The van der Waals surface area contributed by atoms with Crippen LogP contribution < -0.4 is 0 Å². The van der Waals surface area contributed by atoms with E-state index in [1.165, 1.54) is 18.4 Å². The van der Waals surface area contributed by atoms with Gasteiger partial charge >= 0.3 is 0 Å². The first kappa shape index (κ1) is 12.4. The minimum Gasteiger partial charge on any atom is -0.358 e. The summed E-state index contributed by atoms with van der Waals surface area (Å²) in [5.74, 6) is 0.975. The Bertz CT molecular complexity index is 358. The summed E-state index contributed by atoms with van der Waals surface area (Å²) >= 11 is 10.6. The highest BCUT2D eigenvalue weighted by Gasteiger charge is 2.14. The van der Waals surface area contributed by atoms with Crippen LogP contribution in [0.4, 0.5) is 0 Å². The molecule has 0 radical (unpaired) electrons. The molecule has 0 saturated carbocycles. The van der Waals surface area contributed by atoms with E-state index < -0.39 is 0 Å². The quantitative estimate of drug-likeness (QED) is 0.758. The molecule has 2 rings (SSSR count). The van der Waals surface area contributed by atoms with E-state index in [0.717, 1.165) is 27.6 Å². The number of hydrogen-bond donors (Lipinski definition) is 0. The van der Waals surface area contributed by atoms with Gasteiger partial charge in [-0.15, -0.1) is 0 Å². The number of hydrogen-bond acceptors (Lipinski definition) is 2. The number of halogens is 1. The van der Waals surface area contributed by atoms with Gasteiger partial charge in [-0.1, -0.05) is 52.0 Å². The molecule has 1 saturated heterocycles. The first-order valence-electron chi connectivity index (χ1n) is 5.42. The molecule has 1 aliphatic heterocycles. The summed E-state index contributed by atoms with van der Waals surface area (Å²) < 4.78 is 2.18. The Balaban J connectivity index is 1.82. The van der Waals surface area contributed by atoms with Gasteiger partial charge in [-0.25, -0.2) is 0 Å².